The van der Waals surface area contributed by atoms with Gasteiger partial charge in [0.05, 0.1) is 10.0 Å². The number of hydrogen-bond donors (Lipinski definition) is 0. The van der Waals surface area contributed by atoms with Gasteiger partial charge in [-0.1, -0.05) is 46.9 Å². The lowest BCUT2D eigenvalue weighted by Gasteiger charge is -2.18. The van der Waals surface area contributed by atoms with E-state index in [1.807, 2.05) is 0 Å². The lowest BCUT2D eigenvalue weighted by molar-refractivity contribution is -0.141. The van der Waals surface area contributed by atoms with Gasteiger partial charge in [-0.25, -0.2) is 0 Å². The molecule has 0 aliphatic rings. The molecule has 2 aromatic rings. The number of benzene rings is 2. The van der Waals surface area contributed by atoms with E-state index in [2.05, 4.69) is 4.74 Å². The van der Waals surface area contributed by atoms with Crippen molar-refractivity contribution in [3.05, 3.63) is 51.0 Å². The summed E-state index contributed by atoms with van der Waals surface area (Å²) in [5, 5.41) is -0.0903. The van der Waals surface area contributed by atoms with Gasteiger partial charge in [0.2, 0.25) is 0 Å². The second-order valence-corrected chi connectivity index (χ2v) is 5.52. The molecule has 0 aliphatic heterocycles. The Morgan fingerprint density at radius 2 is 1.48 bits per heavy atom. The van der Waals surface area contributed by atoms with Crippen LogP contribution < -0.4 is 4.74 Å². The Balaban J connectivity index is 2.75. The van der Waals surface area contributed by atoms with Crippen LogP contribution in [0.5, 0.6) is 5.75 Å². The summed E-state index contributed by atoms with van der Waals surface area (Å²) in [4.78, 5) is 0. The van der Waals surface area contributed by atoms with Crippen LogP contribution in [0.25, 0.3) is 11.1 Å². The van der Waals surface area contributed by atoms with Crippen LogP contribution >= 0.6 is 34.8 Å². The minimum absolute atomic E-state index is 0.0284. The quantitative estimate of drug-likeness (QED) is 0.407. The van der Waals surface area contributed by atoms with Crippen molar-refractivity contribution in [2.75, 3.05) is 0 Å². The summed E-state index contributed by atoms with van der Waals surface area (Å²) in [6, 6.07) is 5.31. The van der Waals surface area contributed by atoms with Crippen molar-refractivity contribution < 1.29 is 26.7 Å². The number of ether oxygens (including phenoxy) is 1. The maximum atomic E-state index is 13.3. The first-order valence-electron chi connectivity index (χ1n) is 5.91. The predicted molar refractivity (Wildman–Crippen MR) is 78.5 cm³/mol. The van der Waals surface area contributed by atoms with Crippen LogP contribution in [-0.2, 0) is 6.18 Å². The van der Waals surface area contributed by atoms with E-state index in [0.717, 1.165) is 24.3 Å². The van der Waals surface area contributed by atoms with Crippen LogP contribution in [0.3, 0.4) is 0 Å². The van der Waals surface area contributed by atoms with Gasteiger partial charge in [-0.05, 0) is 23.8 Å². The van der Waals surface area contributed by atoms with Crippen LogP contribution in [0.15, 0.2) is 30.3 Å². The fourth-order valence-electron chi connectivity index (χ4n) is 1.97. The Hall–Kier alpha value is -1.24. The van der Waals surface area contributed by atoms with Gasteiger partial charge in [0.15, 0.2) is 0 Å². The van der Waals surface area contributed by atoms with Crippen LogP contribution in [-0.4, -0.2) is 6.61 Å². The monoisotopic (exact) mass is 390 g/mol. The van der Waals surface area contributed by atoms with Gasteiger partial charge in [0.25, 0.3) is 0 Å². The number of hydrogen-bond acceptors (Lipinski definition) is 1. The Labute approximate surface area is 142 Å². The van der Waals surface area contributed by atoms with Crippen LogP contribution in [0.4, 0.5) is 22.0 Å². The summed E-state index contributed by atoms with van der Waals surface area (Å²) in [6.45, 7) is -3.41. The average molecular weight is 392 g/mol. The van der Waals surface area contributed by atoms with Gasteiger partial charge >= 0.3 is 12.8 Å². The number of halogens is 8. The topological polar surface area (TPSA) is 9.23 Å². The second-order valence-electron chi connectivity index (χ2n) is 4.30. The fraction of sp³-hybridized carbons (Fsp3) is 0.143. The Morgan fingerprint density at radius 3 is 2.04 bits per heavy atom. The Bertz CT molecular complexity index is 731. The highest BCUT2D eigenvalue weighted by atomic mass is 35.5. The fourth-order valence-corrected chi connectivity index (χ4v) is 2.62. The molecule has 0 heterocycles. The number of alkyl halides is 5. The van der Waals surface area contributed by atoms with Crippen molar-refractivity contribution in [2.24, 2.45) is 0 Å². The van der Waals surface area contributed by atoms with Crippen molar-refractivity contribution in [2.45, 2.75) is 12.8 Å². The molecule has 1 nitrogen and oxygen atoms in total. The highest BCUT2D eigenvalue weighted by molar-refractivity contribution is 6.44. The first-order valence-corrected chi connectivity index (χ1v) is 7.04. The normalized spacial score (nSPS) is 11.9. The molecule has 0 atom stereocenters. The van der Waals surface area contributed by atoms with Crippen molar-refractivity contribution in [1.82, 2.24) is 0 Å². The zero-order valence-corrected chi connectivity index (χ0v) is 13.2. The minimum Gasteiger partial charge on any atom is -0.434 e. The summed E-state index contributed by atoms with van der Waals surface area (Å²) >= 11 is 17.5. The summed E-state index contributed by atoms with van der Waals surface area (Å²) in [5.74, 6) is -1.01. The molecule has 9 heteroatoms. The molecule has 0 aliphatic carbocycles. The third kappa shape index (κ3) is 4.00. The molecule has 0 radical (unpaired) electrons. The molecule has 0 unspecified atom stereocenters. The van der Waals surface area contributed by atoms with Gasteiger partial charge in [0.1, 0.15) is 11.3 Å². The lowest BCUT2D eigenvalue weighted by Crippen LogP contribution is -2.13. The lowest BCUT2D eigenvalue weighted by atomic mass is 9.98. The van der Waals surface area contributed by atoms with E-state index >= 15 is 0 Å². The van der Waals surface area contributed by atoms with Gasteiger partial charge in [-0.3, -0.25) is 0 Å². The second kappa shape index (κ2) is 6.71. The molecule has 0 fully saturated rings. The summed E-state index contributed by atoms with van der Waals surface area (Å²) < 4.78 is 68.7. The van der Waals surface area contributed by atoms with Crippen LogP contribution in [0, 0.1) is 0 Å². The molecule has 0 spiro atoms. The van der Waals surface area contributed by atoms with Crippen molar-refractivity contribution in [3.8, 4) is 16.9 Å². The van der Waals surface area contributed by atoms with Crippen LogP contribution in [0.2, 0.25) is 15.1 Å². The first-order chi connectivity index (χ1) is 10.6. The predicted octanol–water partition coefficient (Wildman–Crippen LogP) is 6.93. The molecule has 0 aromatic heterocycles. The molecule has 23 heavy (non-hydrogen) atoms. The van der Waals surface area contributed by atoms with Gasteiger partial charge in [-0.2, -0.15) is 22.0 Å². The van der Waals surface area contributed by atoms with Gasteiger partial charge in [0, 0.05) is 10.6 Å². The zero-order chi connectivity index (χ0) is 17.4. The Kier molecular flexibility index (Phi) is 5.28. The molecule has 124 valence electrons. The summed E-state index contributed by atoms with van der Waals surface area (Å²) in [5.41, 5.74) is -1.92. The zero-order valence-electron chi connectivity index (χ0n) is 10.9. The van der Waals surface area contributed by atoms with E-state index in [1.54, 1.807) is 0 Å². The Morgan fingerprint density at radius 1 is 0.870 bits per heavy atom. The largest absolute Gasteiger partial charge is 0.434 e. The average Bonchev–Trinajstić information content (AvgIpc) is 2.40. The van der Waals surface area contributed by atoms with E-state index in [9.17, 15) is 22.0 Å². The molecular weight excluding hydrogens is 386 g/mol. The van der Waals surface area contributed by atoms with E-state index in [-0.39, 0.29) is 20.6 Å². The van der Waals surface area contributed by atoms with E-state index in [1.165, 1.54) is 6.07 Å². The highest BCUT2D eigenvalue weighted by Gasteiger charge is 2.38. The molecule has 2 aromatic carbocycles. The SMILES string of the molecule is FC(F)Oc1cccc(-c2cc(Cl)c(Cl)cc2Cl)c1C(F)(F)F. The molecule has 0 amide bonds. The molecular formula is C14H6Cl3F5O. The summed E-state index contributed by atoms with van der Waals surface area (Å²) in [7, 11) is 0. The van der Waals surface area contributed by atoms with Gasteiger partial charge in [-0.15, -0.1) is 0 Å². The molecule has 2 rings (SSSR count). The standard InChI is InChI=1S/C14H6Cl3F5O/c15-8-5-10(17)9(16)4-7(8)6-2-1-3-11(23-13(18)19)12(6)14(20,21)22/h1-5,13H. The molecule has 0 saturated heterocycles. The summed E-state index contributed by atoms with van der Waals surface area (Å²) in [6.07, 6.45) is -4.95. The molecule has 0 bridgehead atoms. The smallest absolute Gasteiger partial charge is 0.420 e. The van der Waals surface area contributed by atoms with E-state index in [0.29, 0.717) is 0 Å². The van der Waals surface area contributed by atoms with E-state index in [4.69, 9.17) is 34.8 Å². The molecule has 0 N–H and O–H groups in total. The highest BCUT2D eigenvalue weighted by Crippen LogP contribution is 2.46. The van der Waals surface area contributed by atoms with Gasteiger partial charge < -0.3 is 4.74 Å². The maximum absolute atomic E-state index is 13.3. The minimum atomic E-state index is -4.95. The van der Waals surface area contributed by atoms with E-state index < -0.39 is 29.7 Å². The van der Waals surface area contributed by atoms with Crippen molar-refractivity contribution in [3.63, 3.8) is 0 Å². The molecule has 0 saturated carbocycles. The van der Waals surface area contributed by atoms with Crippen molar-refractivity contribution in [1.29, 1.82) is 0 Å². The third-order valence-corrected chi connectivity index (χ3v) is 3.86. The maximum Gasteiger partial charge on any atom is 0.420 e. The van der Waals surface area contributed by atoms with Crippen molar-refractivity contribution >= 4 is 34.8 Å². The third-order valence-electron chi connectivity index (χ3n) is 2.83. The van der Waals surface area contributed by atoms with Crippen LogP contribution in [0.1, 0.15) is 5.56 Å². The number of rotatable bonds is 3. The first kappa shape index (κ1) is 18.1.